The van der Waals surface area contributed by atoms with Crippen LogP contribution >= 0.6 is 74.7 Å². The molecule has 0 atom stereocenters. The molecule has 3 aromatic rings. The summed E-state index contributed by atoms with van der Waals surface area (Å²) in [6, 6.07) is 8.04. The van der Waals surface area contributed by atoms with Crippen molar-refractivity contribution in [2.75, 3.05) is 4.90 Å². The van der Waals surface area contributed by atoms with E-state index in [0.29, 0.717) is 24.5 Å². The lowest BCUT2D eigenvalue weighted by Crippen LogP contribution is -2.27. The average molecular weight is 548 g/mol. The van der Waals surface area contributed by atoms with Crippen molar-refractivity contribution in [1.82, 2.24) is 0 Å². The van der Waals surface area contributed by atoms with Gasteiger partial charge in [0, 0.05) is 9.50 Å². The van der Waals surface area contributed by atoms with Gasteiger partial charge in [-0.05, 0) is 52.3 Å². The Balaban J connectivity index is 1.77. The minimum Gasteiger partial charge on any atom is -0.462 e. The quantitative estimate of drug-likeness (QED) is 0.258. The van der Waals surface area contributed by atoms with E-state index in [2.05, 4.69) is 15.9 Å². The lowest BCUT2D eigenvalue weighted by atomic mass is 10.1. The van der Waals surface area contributed by atoms with Crippen LogP contribution in [0.2, 0.25) is 15.1 Å². The third kappa shape index (κ3) is 3.87. The highest BCUT2D eigenvalue weighted by Crippen LogP contribution is 2.38. The minimum absolute atomic E-state index is 0.185. The van der Waals surface area contributed by atoms with E-state index in [1.54, 1.807) is 18.2 Å². The van der Waals surface area contributed by atoms with Gasteiger partial charge in [-0.15, -0.1) is 0 Å². The van der Waals surface area contributed by atoms with E-state index >= 15 is 0 Å². The maximum atomic E-state index is 12.9. The summed E-state index contributed by atoms with van der Waals surface area (Å²) in [7, 11) is 0. The zero-order chi connectivity index (χ0) is 20.9. The van der Waals surface area contributed by atoms with Crippen molar-refractivity contribution in [2.45, 2.75) is 0 Å². The Morgan fingerprint density at radius 3 is 2.59 bits per heavy atom. The largest absolute Gasteiger partial charge is 0.462 e. The fourth-order valence-electron chi connectivity index (χ4n) is 2.74. The van der Waals surface area contributed by atoms with E-state index in [0.717, 1.165) is 11.8 Å². The Kier molecular flexibility index (Phi) is 5.81. The number of amides is 1. The van der Waals surface area contributed by atoms with Crippen molar-refractivity contribution in [3.8, 4) is 0 Å². The second-order valence-electron chi connectivity index (χ2n) is 5.90. The summed E-state index contributed by atoms with van der Waals surface area (Å²) in [4.78, 5) is 27.4. The van der Waals surface area contributed by atoms with E-state index in [4.69, 9.17) is 51.4 Å². The van der Waals surface area contributed by atoms with Crippen LogP contribution in [0.25, 0.3) is 17.0 Å². The molecule has 1 amide bonds. The third-order valence-corrected chi connectivity index (χ3v) is 7.09. The summed E-state index contributed by atoms with van der Waals surface area (Å²) >= 11 is 28.0. The average Bonchev–Trinajstić information content (AvgIpc) is 2.93. The maximum absolute atomic E-state index is 12.9. The second kappa shape index (κ2) is 8.06. The first-order valence-corrected chi connectivity index (χ1v) is 11.0. The molecule has 29 heavy (non-hydrogen) atoms. The van der Waals surface area contributed by atoms with Crippen LogP contribution in [0.5, 0.6) is 0 Å². The van der Waals surface area contributed by atoms with Gasteiger partial charge < -0.3 is 4.42 Å². The number of benzene rings is 2. The van der Waals surface area contributed by atoms with Crippen LogP contribution in [-0.4, -0.2) is 10.2 Å². The van der Waals surface area contributed by atoms with Gasteiger partial charge in [0.25, 0.3) is 5.91 Å². The molecule has 0 bridgehead atoms. The summed E-state index contributed by atoms with van der Waals surface area (Å²) in [5.74, 6) is -0.359. The van der Waals surface area contributed by atoms with Crippen LogP contribution in [-0.2, 0) is 4.79 Å². The van der Waals surface area contributed by atoms with Crippen molar-refractivity contribution < 1.29 is 9.21 Å². The van der Waals surface area contributed by atoms with Gasteiger partial charge >= 0.3 is 0 Å². The molecule has 0 saturated carbocycles. The molecule has 2 heterocycles. The Hall–Kier alpha value is -1.35. The molecule has 1 aliphatic heterocycles. The molecule has 4 rings (SSSR count). The fraction of sp³-hybridized carbons (Fsp3) is 0. The van der Waals surface area contributed by atoms with Crippen LogP contribution < -0.4 is 10.3 Å². The number of hydrogen-bond acceptors (Lipinski definition) is 5. The highest BCUT2D eigenvalue weighted by Gasteiger charge is 2.33. The van der Waals surface area contributed by atoms with Gasteiger partial charge in [0.15, 0.2) is 15.3 Å². The van der Waals surface area contributed by atoms with Gasteiger partial charge in [-0.2, -0.15) is 0 Å². The first-order valence-electron chi connectivity index (χ1n) is 7.90. The summed E-state index contributed by atoms with van der Waals surface area (Å²) in [5, 5.41) is 1.22. The Morgan fingerprint density at radius 1 is 1.10 bits per heavy atom. The van der Waals surface area contributed by atoms with E-state index in [-0.39, 0.29) is 37.8 Å². The number of halogens is 4. The molecule has 0 spiro atoms. The molecule has 0 unspecified atom stereocenters. The van der Waals surface area contributed by atoms with Crippen LogP contribution in [0.3, 0.4) is 0 Å². The Bertz CT molecular complexity index is 1310. The molecule has 0 aliphatic carbocycles. The molecule has 1 fully saturated rings. The standard InChI is InChI=1S/C19H7BrCl3NO3S2/c20-12-2-1-10(6-13(12)22)24-18(26)15(29-19(24)28)3-8-7-27-17-11(16(8)25)4-9(21)5-14(17)23/h1-7H/b15-3-. The van der Waals surface area contributed by atoms with Crippen molar-refractivity contribution in [3.63, 3.8) is 0 Å². The summed E-state index contributed by atoms with van der Waals surface area (Å²) in [5.41, 5.74) is 0.598. The molecular weight excluding hydrogens is 541 g/mol. The van der Waals surface area contributed by atoms with Gasteiger partial charge in [-0.3, -0.25) is 14.5 Å². The molecule has 0 N–H and O–H groups in total. The lowest BCUT2D eigenvalue weighted by molar-refractivity contribution is -0.113. The Labute approximate surface area is 197 Å². The highest BCUT2D eigenvalue weighted by atomic mass is 79.9. The van der Waals surface area contributed by atoms with Crippen molar-refractivity contribution >= 4 is 108 Å². The molecular formula is C19H7BrCl3NO3S2. The van der Waals surface area contributed by atoms with Gasteiger partial charge in [0.05, 0.1) is 31.6 Å². The van der Waals surface area contributed by atoms with Crippen molar-refractivity contribution in [3.05, 3.63) is 76.8 Å². The first kappa shape index (κ1) is 20.9. The maximum Gasteiger partial charge on any atom is 0.270 e. The number of carbonyl (C=O) groups is 1. The number of rotatable bonds is 2. The Morgan fingerprint density at radius 2 is 1.86 bits per heavy atom. The number of anilines is 1. The van der Waals surface area contributed by atoms with E-state index in [1.807, 2.05) is 0 Å². The second-order valence-corrected chi connectivity index (χ2v) is 9.68. The van der Waals surface area contributed by atoms with Gasteiger partial charge in [0.1, 0.15) is 6.26 Å². The van der Waals surface area contributed by atoms with Crippen LogP contribution in [0.4, 0.5) is 5.69 Å². The summed E-state index contributed by atoms with van der Waals surface area (Å²) in [6.07, 6.45) is 2.70. The first-order chi connectivity index (χ1) is 13.8. The predicted octanol–water partition coefficient (Wildman–Crippen LogP) is 6.92. The van der Waals surface area contributed by atoms with Crippen LogP contribution in [0, 0.1) is 0 Å². The molecule has 10 heteroatoms. The fourth-order valence-corrected chi connectivity index (χ4v) is 4.98. The van der Waals surface area contributed by atoms with Gasteiger partial charge in [0.2, 0.25) is 0 Å². The smallest absolute Gasteiger partial charge is 0.270 e. The SMILES string of the molecule is O=C1/C(=C/c2coc3c(Cl)cc(Cl)cc3c2=O)SC(=S)N1c1ccc(Br)c(Cl)c1. The van der Waals surface area contributed by atoms with Crippen molar-refractivity contribution in [2.24, 2.45) is 0 Å². The lowest BCUT2D eigenvalue weighted by Gasteiger charge is -2.15. The predicted molar refractivity (Wildman–Crippen MR) is 127 cm³/mol. The molecule has 1 aromatic heterocycles. The highest BCUT2D eigenvalue weighted by molar-refractivity contribution is 9.10. The van der Waals surface area contributed by atoms with E-state index in [9.17, 15) is 9.59 Å². The topological polar surface area (TPSA) is 50.5 Å². The summed E-state index contributed by atoms with van der Waals surface area (Å²) in [6.45, 7) is 0. The van der Waals surface area contributed by atoms with Gasteiger partial charge in [-0.25, -0.2) is 0 Å². The van der Waals surface area contributed by atoms with Crippen LogP contribution in [0.15, 0.2) is 55.2 Å². The molecule has 146 valence electrons. The number of carbonyl (C=O) groups excluding carboxylic acids is 1. The molecule has 1 aliphatic rings. The zero-order valence-corrected chi connectivity index (χ0v) is 19.5. The molecule has 1 saturated heterocycles. The zero-order valence-electron chi connectivity index (χ0n) is 14.0. The summed E-state index contributed by atoms with van der Waals surface area (Å²) < 4.78 is 6.53. The molecule has 2 aromatic carbocycles. The number of nitrogens with zero attached hydrogens (tertiary/aromatic N) is 1. The van der Waals surface area contributed by atoms with Crippen molar-refractivity contribution in [1.29, 1.82) is 0 Å². The molecule has 4 nitrogen and oxygen atoms in total. The van der Waals surface area contributed by atoms with E-state index < -0.39 is 0 Å². The van der Waals surface area contributed by atoms with Crippen LogP contribution in [0.1, 0.15) is 5.56 Å². The minimum atomic E-state index is -0.359. The van der Waals surface area contributed by atoms with Gasteiger partial charge in [-0.1, -0.05) is 58.8 Å². The number of hydrogen-bond donors (Lipinski definition) is 0. The number of thioether (sulfide) groups is 1. The normalized spacial score (nSPS) is 15.7. The molecule has 0 radical (unpaired) electrons. The number of fused-ring (bicyclic) bond motifs is 1. The number of thiocarbonyl (C=S) groups is 1. The monoisotopic (exact) mass is 545 g/mol. The third-order valence-electron chi connectivity index (χ3n) is 4.06. The van der Waals surface area contributed by atoms with E-state index in [1.165, 1.54) is 29.4 Å².